The minimum atomic E-state index is 0.0716. The van der Waals surface area contributed by atoms with Crippen LogP contribution in [0, 0.1) is 19.8 Å². The highest BCUT2D eigenvalue weighted by Gasteiger charge is 2.22. The van der Waals surface area contributed by atoms with Gasteiger partial charge in [0.15, 0.2) is 5.13 Å². The van der Waals surface area contributed by atoms with Crippen LogP contribution in [-0.4, -0.2) is 27.6 Å². The number of nitrogens with zero attached hydrogens (tertiary/aromatic N) is 4. The second kappa shape index (κ2) is 7.05. The van der Waals surface area contributed by atoms with Crippen molar-refractivity contribution in [3.05, 3.63) is 39.0 Å². The summed E-state index contributed by atoms with van der Waals surface area (Å²) in [4.78, 5) is 25.0. The lowest BCUT2D eigenvalue weighted by atomic mass is 9.97. The van der Waals surface area contributed by atoms with E-state index in [4.69, 9.17) is 0 Å². The van der Waals surface area contributed by atoms with Gasteiger partial charge in [-0.1, -0.05) is 13.8 Å². The van der Waals surface area contributed by atoms with Crippen LogP contribution in [0.1, 0.15) is 48.9 Å². The first-order valence-electron chi connectivity index (χ1n) is 8.69. The summed E-state index contributed by atoms with van der Waals surface area (Å²) in [5.74, 6) is 0.827. The van der Waals surface area contributed by atoms with Crippen molar-refractivity contribution >= 4 is 16.5 Å². The summed E-state index contributed by atoms with van der Waals surface area (Å²) in [7, 11) is 0. The van der Waals surface area contributed by atoms with E-state index in [1.807, 2.05) is 0 Å². The molecule has 2 aromatic heterocycles. The van der Waals surface area contributed by atoms with E-state index in [-0.39, 0.29) is 5.56 Å². The molecule has 1 saturated heterocycles. The highest BCUT2D eigenvalue weighted by atomic mass is 32.1. The van der Waals surface area contributed by atoms with Gasteiger partial charge in [-0.05, 0) is 38.5 Å². The topological polar surface area (TPSA) is 51.0 Å². The average molecular weight is 347 g/mol. The van der Waals surface area contributed by atoms with Crippen molar-refractivity contribution in [3.63, 3.8) is 0 Å². The molecule has 0 spiro atoms. The van der Waals surface area contributed by atoms with Crippen molar-refractivity contribution in [1.29, 1.82) is 0 Å². The molecule has 1 fully saturated rings. The number of anilines is 1. The summed E-state index contributed by atoms with van der Waals surface area (Å²) < 4.78 is 1.77. The maximum atomic E-state index is 12.2. The van der Waals surface area contributed by atoms with E-state index >= 15 is 0 Å². The molecule has 24 heavy (non-hydrogen) atoms. The molecule has 3 rings (SSSR count). The number of hydrogen-bond acceptors (Lipinski definition) is 5. The van der Waals surface area contributed by atoms with Gasteiger partial charge in [-0.3, -0.25) is 9.36 Å². The van der Waals surface area contributed by atoms with Gasteiger partial charge in [-0.25, -0.2) is 9.97 Å². The maximum Gasteiger partial charge on any atom is 0.253 e. The Kier molecular flexibility index (Phi) is 5.04. The smallest absolute Gasteiger partial charge is 0.253 e. The first kappa shape index (κ1) is 17.1. The first-order valence-corrected chi connectivity index (χ1v) is 9.51. The van der Waals surface area contributed by atoms with E-state index in [0.717, 1.165) is 49.0 Å². The highest BCUT2D eigenvalue weighted by Crippen LogP contribution is 2.29. The summed E-state index contributed by atoms with van der Waals surface area (Å²) in [6.45, 7) is 11.1. The van der Waals surface area contributed by atoms with Crippen LogP contribution in [-0.2, 0) is 6.54 Å². The van der Waals surface area contributed by atoms with Crippen LogP contribution in [0.2, 0.25) is 0 Å². The fraction of sp³-hybridized carbons (Fsp3) is 0.611. The molecule has 0 saturated carbocycles. The Balaban J connectivity index is 1.60. The van der Waals surface area contributed by atoms with Crippen molar-refractivity contribution in [1.82, 2.24) is 14.5 Å². The van der Waals surface area contributed by atoms with Gasteiger partial charge in [-0.15, -0.1) is 11.3 Å². The van der Waals surface area contributed by atoms with E-state index in [1.54, 1.807) is 28.3 Å². The Morgan fingerprint density at radius 2 is 2.00 bits per heavy atom. The summed E-state index contributed by atoms with van der Waals surface area (Å²) >= 11 is 1.78. The summed E-state index contributed by atoms with van der Waals surface area (Å²) in [6, 6.07) is 1.68. The van der Waals surface area contributed by atoms with Crippen molar-refractivity contribution in [3.8, 4) is 0 Å². The van der Waals surface area contributed by atoms with Crippen molar-refractivity contribution in [2.75, 3.05) is 18.0 Å². The van der Waals surface area contributed by atoms with Crippen LogP contribution >= 0.6 is 11.3 Å². The van der Waals surface area contributed by atoms with E-state index in [0.29, 0.717) is 11.8 Å². The summed E-state index contributed by atoms with van der Waals surface area (Å²) in [6.07, 6.45) is 3.91. The molecule has 1 aliphatic heterocycles. The summed E-state index contributed by atoms with van der Waals surface area (Å²) in [5, 5.41) is 1.14. The zero-order valence-corrected chi connectivity index (χ0v) is 15.8. The first-order chi connectivity index (χ1) is 11.4. The van der Waals surface area contributed by atoms with Gasteiger partial charge >= 0.3 is 0 Å². The average Bonchev–Trinajstić information content (AvgIpc) is 2.89. The molecule has 0 aliphatic carbocycles. The Bertz CT molecular complexity index is 737. The van der Waals surface area contributed by atoms with Crippen LogP contribution in [0.4, 0.5) is 5.13 Å². The summed E-state index contributed by atoms with van der Waals surface area (Å²) in [5.41, 5.74) is 2.09. The van der Waals surface area contributed by atoms with Crippen LogP contribution < -0.4 is 10.5 Å². The zero-order valence-electron chi connectivity index (χ0n) is 15.0. The minimum Gasteiger partial charge on any atom is -0.348 e. The molecule has 5 nitrogen and oxygen atoms in total. The Labute approximate surface area is 147 Å². The highest BCUT2D eigenvalue weighted by molar-refractivity contribution is 7.15. The monoisotopic (exact) mass is 346 g/mol. The largest absolute Gasteiger partial charge is 0.348 e. The second-order valence-corrected chi connectivity index (χ2v) is 8.21. The third-order valence-electron chi connectivity index (χ3n) is 4.85. The molecule has 0 amide bonds. The van der Waals surface area contributed by atoms with Gasteiger partial charge in [0.05, 0.1) is 17.7 Å². The molecular formula is C18H26N4OS. The maximum absolute atomic E-state index is 12.2. The molecule has 0 atom stereocenters. The molecular weight excluding hydrogens is 320 g/mol. The van der Waals surface area contributed by atoms with Crippen molar-refractivity contribution < 1.29 is 0 Å². The Hall–Kier alpha value is -1.69. The van der Waals surface area contributed by atoms with Crippen LogP contribution in [0.25, 0.3) is 0 Å². The SMILES string of the molecule is Cc1nc(N2CCC(Cn3cnc(C(C)C)cc3=O)CC2)sc1C. The standard InChI is InChI=1S/C18H26N4OS/c1-12(2)16-9-17(23)22(11-19-16)10-15-5-7-21(8-6-15)18-20-13(3)14(4)24-18/h9,11-12,15H,5-8,10H2,1-4H3. The fourth-order valence-corrected chi connectivity index (χ4v) is 4.03. The number of piperidine rings is 1. The third kappa shape index (κ3) is 3.69. The Morgan fingerprint density at radius 1 is 1.29 bits per heavy atom. The third-order valence-corrected chi connectivity index (χ3v) is 5.98. The molecule has 130 valence electrons. The van der Waals surface area contributed by atoms with Gasteiger partial charge in [0.2, 0.25) is 0 Å². The predicted octanol–water partition coefficient (Wildman–Crippen LogP) is 3.36. The molecule has 2 aromatic rings. The van der Waals surface area contributed by atoms with E-state index in [9.17, 15) is 4.79 Å². The lowest BCUT2D eigenvalue weighted by molar-refractivity contribution is 0.350. The molecule has 1 aliphatic rings. The number of hydrogen-bond donors (Lipinski definition) is 0. The molecule has 0 radical (unpaired) electrons. The Morgan fingerprint density at radius 3 is 2.54 bits per heavy atom. The van der Waals surface area contributed by atoms with Gasteiger partial charge in [-0.2, -0.15) is 0 Å². The molecule has 0 bridgehead atoms. The number of rotatable bonds is 4. The second-order valence-electron chi connectivity index (χ2n) is 7.03. The van der Waals surface area contributed by atoms with Crippen molar-refractivity contribution in [2.24, 2.45) is 5.92 Å². The molecule has 0 unspecified atom stereocenters. The van der Waals surface area contributed by atoms with Gasteiger partial charge in [0.1, 0.15) is 0 Å². The molecule has 0 aromatic carbocycles. The lowest BCUT2D eigenvalue weighted by Gasteiger charge is -2.32. The zero-order chi connectivity index (χ0) is 17.3. The molecule has 0 N–H and O–H groups in total. The van der Waals surface area contributed by atoms with Gasteiger partial charge in [0.25, 0.3) is 5.56 Å². The van der Waals surface area contributed by atoms with Crippen LogP contribution in [0.5, 0.6) is 0 Å². The van der Waals surface area contributed by atoms with Gasteiger partial charge < -0.3 is 4.90 Å². The van der Waals surface area contributed by atoms with Gasteiger partial charge in [0, 0.05) is 30.6 Å². The quantitative estimate of drug-likeness (QED) is 0.852. The molecule has 3 heterocycles. The van der Waals surface area contributed by atoms with Crippen LogP contribution in [0.3, 0.4) is 0 Å². The molecule has 6 heteroatoms. The predicted molar refractivity (Wildman–Crippen MR) is 99.1 cm³/mol. The van der Waals surface area contributed by atoms with E-state index in [1.165, 1.54) is 4.88 Å². The number of aryl methyl sites for hydroxylation is 2. The van der Waals surface area contributed by atoms with E-state index < -0.39 is 0 Å². The fourth-order valence-electron chi connectivity index (χ4n) is 3.07. The van der Waals surface area contributed by atoms with E-state index in [2.05, 4.69) is 42.6 Å². The van der Waals surface area contributed by atoms with Crippen molar-refractivity contribution in [2.45, 2.75) is 53.0 Å². The van der Waals surface area contributed by atoms with Crippen LogP contribution in [0.15, 0.2) is 17.2 Å². The minimum absolute atomic E-state index is 0.0716. The number of thiazole rings is 1. The normalized spacial score (nSPS) is 16.1. The number of aromatic nitrogens is 3. The lowest BCUT2D eigenvalue weighted by Crippen LogP contribution is -2.36.